The summed E-state index contributed by atoms with van der Waals surface area (Å²) in [6.07, 6.45) is -8.15. The van der Waals surface area contributed by atoms with Crippen LogP contribution in [0.25, 0.3) is 0 Å². The first kappa shape index (κ1) is 48.6. The molecule has 0 spiro atoms. The molecular weight excluding hydrogens is 744 g/mol. The number of aliphatic hydroxyl groups excluding tert-OH is 2. The maximum absolute atomic E-state index is 14.4. The Hall–Kier alpha value is -1.09. The first-order valence-corrected chi connectivity index (χ1v) is 20.9. The van der Waals surface area contributed by atoms with Crippen molar-refractivity contribution in [3.8, 4) is 0 Å². The van der Waals surface area contributed by atoms with Crippen molar-refractivity contribution < 1.29 is 67.9 Å². The van der Waals surface area contributed by atoms with E-state index in [1.54, 1.807) is 41.7 Å². The fraction of sp³-hybridized carbons (Fsp3) is 0.976. The number of nitrogens with one attached hydrogen (secondary N) is 1. The third kappa shape index (κ3) is 11.4. The third-order valence-electron chi connectivity index (χ3n) is 13.1. The molecule has 4 aliphatic rings. The number of carbonyl (C=O) groups is 1. The molecule has 0 unspecified atom stereocenters. The maximum Gasteiger partial charge on any atom is 0.311 e. The highest BCUT2D eigenvalue weighted by atomic mass is 16.7. The molecule has 16 heteroatoms. The van der Waals surface area contributed by atoms with E-state index in [1.807, 2.05) is 46.7 Å². The zero-order chi connectivity index (χ0) is 42.6. The number of rotatable bonds is 12. The molecule has 0 aromatic carbocycles. The van der Waals surface area contributed by atoms with Crippen LogP contribution in [0.1, 0.15) is 94.4 Å². The van der Waals surface area contributed by atoms with Crippen LogP contribution in [-0.4, -0.2) is 176 Å². The molecule has 4 fully saturated rings. The van der Waals surface area contributed by atoms with E-state index >= 15 is 0 Å². The summed E-state index contributed by atoms with van der Waals surface area (Å²) < 4.78 is 55.3. The SMILES string of the molecule is CC[C@H]1OC(=O)[C@H](C)[C@@H](O[C@H]2C[C@@](C)(OC)[C@@H](O)[C@H](C)O2)C[C@@H](O[C@@H]2O[C@H](C)C[C@H](N(C)C)[C@H]2O)[C@](C)(O)C[C@@H](C)[C@@H]2N[C@@H](COCCOC)O[C@H]([C@H]2C)[C@]1(C)O. The predicted octanol–water partition coefficient (Wildman–Crippen LogP) is 1.96. The molecule has 334 valence electrons. The number of nitrogens with zero attached hydrogens (tertiary/aromatic N) is 1. The molecule has 4 saturated heterocycles. The Balaban J connectivity index is 1.79. The average molecular weight is 821 g/mol. The Bertz CT molecular complexity index is 1260. The van der Waals surface area contributed by atoms with Crippen LogP contribution in [0, 0.1) is 17.8 Å². The summed E-state index contributed by atoms with van der Waals surface area (Å²) in [6, 6.07) is -0.575. The zero-order valence-corrected chi connectivity index (χ0v) is 36.7. The van der Waals surface area contributed by atoms with Gasteiger partial charge >= 0.3 is 5.97 Å². The van der Waals surface area contributed by atoms with Crippen LogP contribution in [-0.2, 0) is 47.4 Å². The smallest absolute Gasteiger partial charge is 0.311 e. The van der Waals surface area contributed by atoms with Crippen molar-refractivity contribution in [2.75, 3.05) is 48.1 Å². The second kappa shape index (κ2) is 20.2. The normalized spacial score (nSPS) is 48.0. The number of carbonyl (C=O) groups excluding carboxylic acids is 1. The minimum atomic E-state index is -1.63. The first-order chi connectivity index (χ1) is 26.6. The summed E-state index contributed by atoms with van der Waals surface area (Å²) in [5.74, 6) is -2.15. The third-order valence-corrected chi connectivity index (χ3v) is 13.1. The fourth-order valence-electron chi connectivity index (χ4n) is 9.43. The summed E-state index contributed by atoms with van der Waals surface area (Å²) in [7, 11) is 6.89. The van der Waals surface area contributed by atoms with E-state index in [0.29, 0.717) is 26.1 Å². The summed E-state index contributed by atoms with van der Waals surface area (Å²) in [4.78, 5) is 16.3. The Morgan fingerprint density at radius 3 is 2.23 bits per heavy atom. The Morgan fingerprint density at radius 1 is 0.930 bits per heavy atom. The van der Waals surface area contributed by atoms with Gasteiger partial charge in [-0.2, -0.15) is 0 Å². The number of hydrogen-bond acceptors (Lipinski definition) is 16. The number of hydrogen-bond donors (Lipinski definition) is 5. The molecule has 0 aromatic rings. The summed E-state index contributed by atoms with van der Waals surface area (Å²) in [6.45, 7) is 17.2. The molecule has 0 aromatic heterocycles. The highest BCUT2D eigenvalue weighted by molar-refractivity contribution is 5.73. The van der Waals surface area contributed by atoms with Gasteiger partial charge in [-0.1, -0.05) is 20.8 Å². The van der Waals surface area contributed by atoms with Crippen LogP contribution >= 0.6 is 0 Å². The highest BCUT2D eigenvalue weighted by Gasteiger charge is 2.54. The predicted molar refractivity (Wildman–Crippen MR) is 209 cm³/mol. The lowest BCUT2D eigenvalue weighted by molar-refractivity contribution is -0.308. The Kier molecular flexibility index (Phi) is 17.2. The standard InChI is InChI=1S/C41H76N2O14/c1-14-29-41(9,48)36-25(5)33(42-31(57-36)21-51-16-15-49-12)22(2)19-39(7,47)30(56-38-34(44)27(43(10)11)17-23(3)52-38)18-28(24(4)37(46)55-29)54-32-20-40(8,50-13)35(45)26(6)53-32/h22-36,38,42,44-45,47-48H,14-21H2,1-13H3/t22-,23-,24-,25+,26+,27+,28+,29-,30-,31-,32+,33+,34-,35+,36-,38+,39-,40-,41-/m1/s1. The molecule has 19 atom stereocenters. The largest absolute Gasteiger partial charge is 0.459 e. The van der Waals surface area contributed by atoms with Crippen LogP contribution in [0.2, 0.25) is 0 Å². The zero-order valence-electron chi connectivity index (χ0n) is 36.7. The summed E-state index contributed by atoms with van der Waals surface area (Å²) in [5, 5.41) is 51.2. The molecule has 2 bridgehead atoms. The van der Waals surface area contributed by atoms with Crippen molar-refractivity contribution in [2.24, 2.45) is 17.8 Å². The number of fused-ring (bicyclic) bond motifs is 2. The molecule has 0 saturated carbocycles. The molecule has 4 rings (SSSR count). The Morgan fingerprint density at radius 2 is 1.61 bits per heavy atom. The monoisotopic (exact) mass is 821 g/mol. The molecule has 0 aliphatic carbocycles. The highest BCUT2D eigenvalue weighted by Crippen LogP contribution is 2.41. The van der Waals surface area contributed by atoms with E-state index in [-0.39, 0.29) is 55.9 Å². The van der Waals surface area contributed by atoms with Gasteiger partial charge in [0.1, 0.15) is 30.1 Å². The van der Waals surface area contributed by atoms with Gasteiger partial charge in [-0.15, -0.1) is 0 Å². The van der Waals surface area contributed by atoms with Gasteiger partial charge in [0.15, 0.2) is 12.6 Å². The van der Waals surface area contributed by atoms with Crippen LogP contribution in [0.4, 0.5) is 0 Å². The van der Waals surface area contributed by atoms with Crippen molar-refractivity contribution in [3.63, 3.8) is 0 Å². The topological polar surface area (TPSA) is 196 Å². The van der Waals surface area contributed by atoms with Gasteiger partial charge in [-0.05, 0) is 80.8 Å². The fourth-order valence-corrected chi connectivity index (χ4v) is 9.43. The number of esters is 1. The quantitative estimate of drug-likeness (QED) is 0.142. The number of ether oxygens (including phenoxy) is 9. The maximum atomic E-state index is 14.4. The van der Waals surface area contributed by atoms with Crippen LogP contribution in [0.3, 0.4) is 0 Å². The van der Waals surface area contributed by atoms with Gasteiger partial charge in [0.25, 0.3) is 0 Å². The van der Waals surface area contributed by atoms with Gasteiger partial charge in [-0.25, -0.2) is 0 Å². The van der Waals surface area contributed by atoms with Crippen molar-refractivity contribution >= 4 is 5.97 Å². The molecule has 0 amide bonds. The number of methoxy groups -OCH3 is 2. The molecule has 4 aliphatic heterocycles. The van der Waals surface area contributed by atoms with E-state index in [9.17, 15) is 25.2 Å². The van der Waals surface area contributed by atoms with Gasteiger partial charge in [0, 0.05) is 45.1 Å². The second-order valence-corrected chi connectivity index (χ2v) is 18.1. The summed E-state index contributed by atoms with van der Waals surface area (Å²) in [5.41, 5.74) is -4.23. The van der Waals surface area contributed by atoms with E-state index < -0.39 is 90.2 Å². The van der Waals surface area contributed by atoms with E-state index in [2.05, 4.69) is 5.32 Å². The van der Waals surface area contributed by atoms with Gasteiger partial charge in [0.2, 0.25) is 0 Å². The number of aliphatic hydroxyl groups is 4. The van der Waals surface area contributed by atoms with Gasteiger partial charge in [-0.3, -0.25) is 10.1 Å². The van der Waals surface area contributed by atoms with Gasteiger partial charge < -0.3 is 68.0 Å². The Labute approximate surface area is 340 Å². The lowest BCUT2D eigenvalue weighted by atomic mass is 9.73. The van der Waals surface area contributed by atoms with Crippen LogP contribution in [0.5, 0.6) is 0 Å². The van der Waals surface area contributed by atoms with E-state index in [4.69, 9.17) is 42.6 Å². The minimum Gasteiger partial charge on any atom is -0.459 e. The molecule has 57 heavy (non-hydrogen) atoms. The molecule has 16 nitrogen and oxygen atoms in total. The molecule has 5 N–H and O–H groups in total. The van der Waals surface area contributed by atoms with Crippen molar-refractivity contribution in [1.82, 2.24) is 10.2 Å². The average Bonchev–Trinajstić information content (AvgIpc) is 3.14. The number of likely N-dealkylation sites (N-methyl/N-ethyl adjacent to an activating group) is 1. The van der Waals surface area contributed by atoms with Crippen molar-refractivity contribution in [2.45, 2.75) is 191 Å². The van der Waals surface area contributed by atoms with Crippen LogP contribution < -0.4 is 5.32 Å². The molecule has 4 heterocycles. The first-order valence-electron chi connectivity index (χ1n) is 20.9. The van der Waals surface area contributed by atoms with E-state index in [1.165, 1.54) is 7.11 Å². The minimum absolute atomic E-state index is 0.0351. The lowest BCUT2D eigenvalue weighted by Crippen LogP contribution is -2.67. The second-order valence-electron chi connectivity index (χ2n) is 18.1. The van der Waals surface area contributed by atoms with Crippen LogP contribution in [0.15, 0.2) is 0 Å². The lowest BCUT2D eigenvalue weighted by Gasteiger charge is -2.51. The van der Waals surface area contributed by atoms with E-state index in [0.717, 1.165) is 0 Å². The molecule has 0 radical (unpaired) electrons. The number of cyclic esters (lactones) is 1. The van der Waals surface area contributed by atoms with Crippen molar-refractivity contribution in [1.29, 1.82) is 0 Å². The van der Waals surface area contributed by atoms with Gasteiger partial charge in [0.05, 0.1) is 67.5 Å². The molecular formula is C41H76N2O14. The van der Waals surface area contributed by atoms with Crippen molar-refractivity contribution in [3.05, 3.63) is 0 Å². The summed E-state index contributed by atoms with van der Waals surface area (Å²) >= 11 is 0.